The Kier molecular flexibility index (Phi) is 4.68. The van der Waals surface area contributed by atoms with E-state index in [1.165, 1.54) is 0 Å². The Bertz CT molecular complexity index is 625. The van der Waals surface area contributed by atoms with Crippen molar-refractivity contribution in [1.29, 1.82) is 0 Å². The van der Waals surface area contributed by atoms with E-state index in [1.807, 2.05) is 6.92 Å². The first-order chi connectivity index (χ1) is 9.45. The van der Waals surface area contributed by atoms with Gasteiger partial charge in [-0.05, 0) is 31.5 Å². The summed E-state index contributed by atoms with van der Waals surface area (Å²) in [6.07, 6.45) is 0.174. The summed E-state index contributed by atoms with van der Waals surface area (Å²) in [5, 5.41) is 7.75. The van der Waals surface area contributed by atoms with E-state index < -0.39 is 0 Å². The molecule has 1 N–H and O–H groups in total. The molecule has 0 bridgehead atoms. The second-order valence-corrected chi connectivity index (χ2v) is 5.40. The van der Waals surface area contributed by atoms with Gasteiger partial charge < -0.3 is 9.84 Å². The molecule has 1 aromatic heterocycles. The maximum atomic E-state index is 11.9. The SMILES string of the molecule is Cc1cc(CC(=O)N[C@@H](C)c2ccc(Cl)cc2Cl)no1. The fourth-order valence-electron chi connectivity index (χ4n) is 1.89. The molecule has 0 radical (unpaired) electrons. The fourth-order valence-corrected chi connectivity index (χ4v) is 2.46. The van der Waals surface area contributed by atoms with Gasteiger partial charge in [-0.25, -0.2) is 0 Å². The normalized spacial score (nSPS) is 12.2. The number of benzene rings is 1. The van der Waals surface area contributed by atoms with Crippen LogP contribution in [-0.4, -0.2) is 11.1 Å². The first kappa shape index (κ1) is 14.9. The largest absolute Gasteiger partial charge is 0.361 e. The van der Waals surface area contributed by atoms with Crippen LogP contribution in [0.3, 0.4) is 0 Å². The predicted molar refractivity (Wildman–Crippen MR) is 78.0 cm³/mol. The number of carbonyl (C=O) groups is 1. The molecule has 4 nitrogen and oxygen atoms in total. The van der Waals surface area contributed by atoms with Crippen molar-refractivity contribution in [2.75, 3.05) is 0 Å². The van der Waals surface area contributed by atoms with E-state index in [-0.39, 0.29) is 18.4 Å². The topological polar surface area (TPSA) is 55.1 Å². The summed E-state index contributed by atoms with van der Waals surface area (Å²) in [6.45, 7) is 3.64. The maximum absolute atomic E-state index is 11.9. The number of nitrogens with one attached hydrogen (secondary N) is 1. The Balaban J connectivity index is 2.00. The molecule has 0 unspecified atom stereocenters. The van der Waals surface area contributed by atoms with Crippen molar-refractivity contribution < 1.29 is 9.32 Å². The van der Waals surface area contributed by atoms with E-state index in [9.17, 15) is 4.79 Å². The van der Waals surface area contributed by atoms with Crippen LogP contribution in [0.4, 0.5) is 0 Å². The monoisotopic (exact) mass is 312 g/mol. The van der Waals surface area contributed by atoms with Crippen molar-refractivity contribution in [2.24, 2.45) is 0 Å². The molecule has 1 heterocycles. The van der Waals surface area contributed by atoms with Crippen molar-refractivity contribution >= 4 is 29.1 Å². The first-order valence-corrected chi connectivity index (χ1v) is 6.88. The van der Waals surface area contributed by atoms with Crippen LogP contribution in [0.15, 0.2) is 28.8 Å². The quantitative estimate of drug-likeness (QED) is 0.936. The van der Waals surface area contributed by atoms with E-state index >= 15 is 0 Å². The van der Waals surface area contributed by atoms with Gasteiger partial charge in [0.2, 0.25) is 5.91 Å². The zero-order chi connectivity index (χ0) is 14.7. The van der Waals surface area contributed by atoms with E-state index in [1.54, 1.807) is 31.2 Å². The highest BCUT2D eigenvalue weighted by atomic mass is 35.5. The Morgan fingerprint density at radius 2 is 2.15 bits per heavy atom. The second kappa shape index (κ2) is 6.29. The van der Waals surface area contributed by atoms with Gasteiger partial charge in [0.05, 0.1) is 18.2 Å². The standard InChI is InChI=1S/C14H14Cl2N2O2/c1-8-5-11(18-20-8)7-14(19)17-9(2)12-4-3-10(15)6-13(12)16/h3-6,9H,7H2,1-2H3,(H,17,19)/t9-/m0/s1. The van der Waals surface area contributed by atoms with Gasteiger partial charge in [-0.3, -0.25) is 4.79 Å². The Morgan fingerprint density at radius 3 is 2.75 bits per heavy atom. The average Bonchev–Trinajstić information content (AvgIpc) is 2.74. The third kappa shape index (κ3) is 3.74. The molecular formula is C14H14Cl2N2O2. The summed E-state index contributed by atoms with van der Waals surface area (Å²) in [5.74, 6) is 0.540. The predicted octanol–water partition coefficient (Wildman–Crippen LogP) is 3.71. The van der Waals surface area contributed by atoms with Crippen molar-refractivity contribution in [2.45, 2.75) is 26.3 Å². The first-order valence-electron chi connectivity index (χ1n) is 6.12. The molecule has 1 amide bonds. The number of halogens is 2. The third-order valence-corrected chi connectivity index (χ3v) is 3.39. The van der Waals surface area contributed by atoms with Crippen LogP contribution in [0.25, 0.3) is 0 Å². The molecule has 20 heavy (non-hydrogen) atoms. The molecule has 0 spiro atoms. The van der Waals surface area contributed by atoms with E-state index in [0.29, 0.717) is 21.5 Å². The summed E-state index contributed by atoms with van der Waals surface area (Å²) < 4.78 is 4.92. The van der Waals surface area contributed by atoms with Gasteiger partial charge in [-0.2, -0.15) is 0 Å². The molecule has 0 aliphatic heterocycles. The van der Waals surface area contributed by atoms with Gasteiger partial charge in [0.25, 0.3) is 0 Å². The molecule has 1 aromatic carbocycles. The van der Waals surface area contributed by atoms with Crippen LogP contribution >= 0.6 is 23.2 Å². The van der Waals surface area contributed by atoms with Crippen molar-refractivity contribution in [3.8, 4) is 0 Å². The summed E-state index contributed by atoms with van der Waals surface area (Å²) in [6, 6.07) is 6.73. The van der Waals surface area contributed by atoms with Crippen LogP contribution in [0.2, 0.25) is 10.0 Å². The minimum atomic E-state index is -0.208. The summed E-state index contributed by atoms with van der Waals surface area (Å²) >= 11 is 12.0. The lowest BCUT2D eigenvalue weighted by Crippen LogP contribution is -2.28. The molecule has 0 aliphatic carbocycles. The Morgan fingerprint density at radius 1 is 1.40 bits per heavy atom. The number of nitrogens with zero attached hydrogens (tertiary/aromatic N) is 1. The van der Waals surface area contributed by atoms with Crippen LogP contribution < -0.4 is 5.32 Å². The number of carbonyl (C=O) groups excluding carboxylic acids is 1. The number of hydrogen-bond acceptors (Lipinski definition) is 3. The van der Waals surface area contributed by atoms with E-state index in [4.69, 9.17) is 27.7 Å². The Hall–Kier alpha value is -1.52. The highest BCUT2D eigenvalue weighted by Crippen LogP contribution is 2.26. The molecule has 0 saturated carbocycles. The van der Waals surface area contributed by atoms with E-state index in [0.717, 1.165) is 5.56 Å². The lowest BCUT2D eigenvalue weighted by molar-refractivity contribution is -0.121. The third-order valence-electron chi connectivity index (χ3n) is 2.82. The molecule has 1 atom stereocenters. The minimum absolute atomic E-state index is 0.142. The molecule has 2 rings (SSSR count). The molecular weight excluding hydrogens is 299 g/mol. The molecule has 0 fully saturated rings. The molecule has 2 aromatic rings. The average molecular weight is 313 g/mol. The fraction of sp³-hybridized carbons (Fsp3) is 0.286. The van der Waals surface area contributed by atoms with Crippen molar-refractivity contribution in [3.05, 3.63) is 51.3 Å². The molecule has 0 aliphatic rings. The van der Waals surface area contributed by atoms with Crippen molar-refractivity contribution in [1.82, 2.24) is 10.5 Å². The van der Waals surface area contributed by atoms with Gasteiger partial charge in [0.15, 0.2) is 0 Å². The highest BCUT2D eigenvalue weighted by molar-refractivity contribution is 6.35. The lowest BCUT2D eigenvalue weighted by atomic mass is 10.1. The molecule has 6 heteroatoms. The zero-order valence-corrected chi connectivity index (χ0v) is 12.6. The van der Waals surface area contributed by atoms with Gasteiger partial charge >= 0.3 is 0 Å². The van der Waals surface area contributed by atoms with E-state index in [2.05, 4.69) is 10.5 Å². The van der Waals surface area contributed by atoms with Gasteiger partial charge in [0.1, 0.15) is 5.76 Å². The minimum Gasteiger partial charge on any atom is -0.361 e. The summed E-state index contributed by atoms with van der Waals surface area (Å²) in [7, 11) is 0. The maximum Gasteiger partial charge on any atom is 0.226 e. The van der Waals surface area contributed by atoms with Gasteiger partial charge in [0, 0.05) is 16.1 Å². The number of hydrogen-bond donors (Lipinski definition) is 1. The van der Waals surface area contributed by atoms with Crippen LogP contribution in [0.5, 0.6) is 0 Å². The number of rotatable bonds is 4. The smallest absolute Gasteiger partial charge is 0.226 e. The van der Waals surface area contributed by atoms with Gasteiger partial charge in [-0.1, -0.05) is 34.4 Å². The summed E-state index contributed by atoms with van der Waals surface area (Å²) in [5.41, 5.74) is 1.43. The molecule has 106 valence electrons. The highest BCUT2D eigenvalue weighted by Gasteiger charge is 2.14. The summed E-state index contributed by atoms with van der Waals surface area (Å²) in [4.78, 5) is 11.9. The number of aryl methyl sites for hydroxylation is 1. The number of amides is 1. The van der Waals surface area contributed by atoms with Crippen LogP contribution in [0.1, 0.15) is 30.0 Å². The lowest BCUT2D eigenvalue weighted by Gasteiger charge is -2.15. The van der Waals surface area contributed by atoms with Crippen molar-refractivity contribution in [3.63, 3.8) is 0 Å². The zero-order valence-electron chi connectivity index (χ0n) is 11.1. The van der Waals surface area contributed by atoms with Crippen LogP contribution in [0, 0.1) is 6.92 Å². The Labute approximate surface area is 127 Å². The van der Waals surface area contributed by atoms with Crippen LogP contribution in [-0.2, 0) is 11.2 Å². The molecule has 0 saturated heterocycles. The second-order valence-electron chi connectivity index (χ2n) is 4.56. The number of aromatic nitrogens is 1. The van der Waals surface area contributed by atoms with Gasteiger partial charge in [-0.15, -0.1) is 0 Å².